The molecule has 92 valence electrons. The van der Waals surface area contributed by atoms with Gasteiger partial charge in [-0.05, 0) is 38.5 Å². The zero-order chi connectivity index (χ0) is 12.9. The van der Waals surface area contributed by atoms with Gasteiger partial charge in [0, 0.05) is 10.3 Å². The largest absolute Gasteiger partial charge is 0.477 e. The summed E-state index contributed by atoms with van der Waals surface area (Å²) < 4.78 is 0. The molecule has 1 aromatic rings. The van der Waals surface area contributed by atoms with Crippen molar-refractivity contribution in [3.63, 3.8) is 0 Å². The molecule has 0 atom stereocenters. The summed E-state index contributed by atoms with van der Waals surface area (Å²) >= 11 is 2.90. The third-order valence-electron chi connectivity index (χ3n) is 2.30. The van der Waals surface area contributed by atoms with E-state index in [0.717, 1.165) is 23.5 Å². The summed E-state index contributed by atoms with van der Waals surface area (Å²) in [5, 5.41) is 19.5. The normalized spacial score (nSPS) is 11.1. The Morgan fingerprint density at radius 1 is 1.65 bits per heavy atom. The van der Waals surface area contributed by atoms with Crippen molar-refractivity contribution in [1.82, 2.24) is 0 Å². The molecule has 1 heterocycles. The van der Waals surface area contributed by atoms with E-state index in [0.29, 0.717) is 4.88 Å². The first-order chi connectivity index (χ1) is 7.94. The van der Waals surface area contributed by atoms with Crippen molar-refractivity contribution in [2.24, 2.45) is 5.41 Å². The number of carboxylic acid groups (broad SMARTS) is 1. The van der Waals surface area contributed by atoms with Crippen LogP contribution in [0, 0.1) is 16.7 Å². The van der Waals surface area contributed by atoms with E-state index in [1.807, 2.05) is 19.2 Å². The summed E-state index contributed by atoms with van der Waals surface area (Å²) in [6.07, 6.45) is 1.83. The zero-order valence-electron chi connectivity index (χ0n) is 9.90. The Balaban J connectivity index is 2.32. The number of nitrogens with zero attached hydrogens (tertiary/aromatic N) is 1. The number of rotatable bonds is 6. The SMILES string of the molecule is CC(C)(C#N)CCCSc1csc(C(=O)O)c1. The minimum Gasteiger partial charge on any atom is -0.477 e. The molecule has 1 aromatic heterocycles. The smallest absolute Gasteiger partial charge is 0.345 e. The van der Waals surface area contributed by atoms with E-state index in [1.165, 1.54) is 11.3 Å². The first kappa shape index (κ1) is 14.1. The summed E-state index contributed by atoms with van der Waals surface area (Å²) in [6.45, 7) is 3.87. The molecule has 0 fully saturated rings. The molecule has 0 aliphatic rings. The van der Waals surface area contributed by atoms with Gasteiger partial charge in [0.15, 0.2) is 0 Å². The second-order valence-electron chi connectivity index (χ2n) is 4.40. The Morgan fingerprint density at radius 2 is 2.35 bits per heavy atom. The van der Waals surface area contributed by atoms with Crippen LogP contribution in [0.1, 0.15) is 36.4 Å². The van der Waals surface area contributed by atoms with Crippen LogP contribution < -0.4 is 0 Å². The van der Waals surface area contributed by atoms with Crippen LogP contribution in [0.5, 0.6) is 0 Å². The van der Waals surface area contributed by atoms with E-state index in [4.69, 9.17) is 10.4 Å². The fraction of sp³-hybridized carbons (Fsp3) is 0.500. The van der Waals surface area contributed by atoms with Crippen LogP contribution in [-0.4, -0.2) is 16.8 Å². The Hall–Kier alpha value is -0.990. The fourth-order valence-electron chi connectivity index (χ4n) is 1.27. The van der Waals surface area contributed by atoms with Gasteiger partial charge >= 0.3 is 5.97 Å². The van der Waals surface area contributed by atoms with Gasteiger partial charge in [0.1, 0.15) is 4.88 Å². The predicted octanol–water partition coefficient (Wildman–Crippen LogP) is 3.87. The van der Waals surface area contributed by atoms with E-state index < -0.39 is 5.97 Å². The monoisotopic (exact) mass is 269 g/mol. The maximum atomic E-state index is 10.7. The predicted molar refractivity (Wildman–Crippen MR) is 70.6 cm³/mol. The molecule has 5 heteroatoms. The Bertz CT molecular complexity index is 432. The van der Waals surface area contributed by atoms with E-state index in [-0.39, 0.29) is 5.41 Å². The number of hydrogen-bond donors (Lipinski definition) is 1. The van der Waals surface area contributed by atoms with Gasteiger partial charge in [-0.2, -0.15) is 5.26 Å². The van der Waals surface area contributed by atoms with Crippen LogP contribution in [0.4, 0.5) is 0 Å². The quantitative estimate of drug-likeness (QED) is 0.629. The van der Waals surface area contributed by atoms with E-state index in [9.17, 15) is 4.79 Å². The number of nitriles is 1. The molecular weight excluding hydrogens is 254 g/mol. The van der Waals surface area contributed by atoms with E-state index in [1.54, 1.807) is 17.8 Å². The average molecular weight is 269 g/mol. The Labute approximate surface area is 109 Å². The van der Waals surface area contributed by atoms with Gasteiger partial charge in [0.2, 0.25) is 0 Å². The molecule has 0 spiro atoms. The molecule has 1 N–H and O–H groups in total. The molecule has 1 rings (SSSR count). The molecule has 3 nitrogen and oxygen atoms in total. The van der Waals surface area contributed by atoms with Gasteiger partial charge in [-0.1, -0.05) is 0 Å². The summed E-state index contributed by atoms with van der Waals surface area (Å²) in [6, 6.07) is 3.98. The van der Waals surface area contributed by atoms with Gasteiger partial charge in [-0.15, -0.1) is 23.1 Å². The van der Waals surface area contributed by atoms with Gasteiger partial charge in [0.05, 0.1) is 11.5 Å². The van der Waals surface area contributed by atoms with Crippen LogP contribution in [0.3, 0.4) is 0 Å². The molecule has 0 saturated heterocycles. The molecule has 0 amide bonds. The highest BCUT2D eigenvalue weighted by Gasteiger charge is 2.15. The molecule has 0 saturated carbocycles. The third-order valence-corrected chi connectivity index (χ3v) is 4.43. The van der Waals surface area contributed by atoms with Crippen molar-refractivity contribution in [2.45, 2.75) is 31.6 Å². The minimum atomic E-state index is -0.868. The average Bonchev–Trinajstić information content (AvgIpc) is 2.73. The lowest BCUT2D eigenvalue weighted by atomic mass is 9.90. The van der Waals surface area contributed by atoms with Gasteiger partial charge < -0.3 is 5.11 Å². The van der Waals surface area contributed by atoms with Crippen LogP contribution in [0.15, 0.2) is 16.3 Å². The number of carboxylic acids is 1. The van der Waals surface area contributed by atoms with Crippen LogP contribution in [0.2, 0.25) is 0 Å². The van der Waals surface area contributed by atoms with Crippen LogP contribution in [0.25, 0.3) is 0 Å². The van der Waals surface area contributed by atoms with Crippen LogP contribution in [-0.2, 0) is 0 Å². The van der Waals surface area contributed by atoms with Crippen molar-refractivity contribution >= 4 is 29.1 Å². The Morgan fingerprint density at radius 3 is 2.88 bits per heavy atom. The van der Waals surface area contributed by atoms with Gasteiger partial charge in [-0.25, -0.2) is 4.79 Å². The highest BCUT2D eigenvalue weighted by atomic mass is 32.2. The maximum absolute atomic E-state index is 10.7. The van der Waals surface area contributed by atoms with E-state index in [2.05, 4.69) is 6.07 Å². The number of thioether (sulfide) groups is 1. The Kier molecular flexibility index (Phi) is 5.03. The van der Waals surface area contributed by atoms with Crippen LogP contribution >= 0.6 is 23.1 Å². The van der Waals surface area contributed by atoms with E-state index >= 15 is 0 Å². The van der Waals surface area contributed by atoms with Crippen molar-refractivity contribution < 1.29 is 9.90 Å². The first-order valence-corrected chi connectivity index (χ1v) is 7.17. The van der Waals surface area contributed by atoms with Crippen molar-refractivity contribution in [3.8, 4) is 6.07 Å². The number of carbonyl (C=O) groups is 1. The van der Waals surface area contributed by atoms with Crippen molar-refractivity contribution in [2.75, 3.05) is 5.75 Å². The molecule has 0 aliphatic heterocycles. The molecule has 0 radical (unpaired) electrons. The summed E-state index contributed by atoms with van der Waals surface area (Å²) in [4.78, 5) is 12.1. The number of thiophene rings is 1. The summed E-state index contributed by atoms with van der Waals surface area (Å²) in [7, 11) is 0. The third kappa shape index (κ3) is 4.80. The molecule has 0 aromatic carbocycles. The highest BCUT2D eigenvalue weighted by Crippen LogP contribution is 2.28. The summed E-state index contributed by atoms with van der Waals surface area (Å²) in [5.41, 5.74) is -0.262. The zero-order valence-corrected chi connectivity index (χ0v) is 11.5. The standard InChI is InChI=1S/C12H15NO2S2/c1-12(2,8-13)4-3-5-16-9-6-10(11(14)15)17-7-9/h6-7H,3-5H2,1-2H3,(H,14,15). The molecule has 0 bridgehead atoms. The lowest BCUT2D eigenvalue weighted by molar-refractivity contribution is 0.0702. The maximum Gasteiger partial charge on any atom is 0.345 e. The highest BCUT2D eigenvalue weighted by molar-refractivity contribution is 7.99. The minimum absolute atomic E-state index is 0.262. The number of aromatic carboxylic acids is 1. The molecule has 0 aliphatic carbocycles. The fourth-order valence-corrected chi connectivity index (χ4v) is 3.09. The second kappa shape index (κ2) is 6.08. The van der Waals surface area contributed by atoms with Crippen molar-refractivity contribution in [1.29, 1.82) is 5.26 Å². The second-order valence-corrected chi connectivity index (χ2v) is 6.48. The van der Waals surface area contributed by atoms with Gasteiger partial charge in [-0.3, -0.25) is 0 Å². The molecular formula is C12H15NO2S2. The first-order valence-electron chi connectivity index (χ1n) is 5.30. The molecule has 0 unspecified atom stereocenters. The van der Waals surface area contributed by atoms with Crippen molar-refractivity contribution in [3.05, 3.63) is 16.3 Å². The molecule has 17 heavy (non-hydrogen) atoms. The van der Waals surface area contributed by atoms with Gasteiger partial charge in [0.25, 0.3) is 0 Å². The lowest BCUT2D eigenvalue weighted by Crippen LogP contribution is -2.07. The topological polar surface area (TPSA) is 61.1 Å². The number of hydrogen-bond acceptors (Lipinski definition) is 4. The lowest BCUT2D eigenvalue weighted by Gasteiger charge is -2.13. The summed E-state index contributed by atoms with van der Waals surface area (Å²) in [5.74, 6) is 0.0495.